The highest BCUT2D eigenvalue weighted by Gasteiger charge is 2.19. The minimum atomic E-state index is -0.0146. The fourth-order valence-corrected chi connectivity index (χ4v) is 3.15. The average molecular weight is 355 g/mol. The molecule has 0 radical (unpaired) electrons. The molecule has 1 aromatic heterocycles. The quantitative estimate of drug-likeness (QED) is 0.409. The topological polar surface area (TPSA) is 44.9 Å². The Labute approximate surface area is 153 Å². The Hall–Kier alpha value is -2.26. The highest BCUT2D eigenvalue weighted by Crippen LogP contribution is 2.31. The number of aromatic nitrogens is 1. The molecule has 0 saturated heterocycles. The summed E-state index contributed by atoms with van der Waals surface area (Å²) in [5.74, 6) is 0.660. The minimum Gasteiger partial charge on any atom is -0.383 e. The van der Waals surface area contributed by atoms with Gasteiger partial charge in [0.1, 0.15) is 5.69 Å². The lowest BCUT2D eigenvalue weighted by atomic mass is 10.1. The molecule has 0 bridgehead atoms. The Morgan fingerprint density at radius 1 is 1.16 bits per heavy atom. The third-order valence-electron chi connectivity index (χ3n) is 4.28. The maximum absolute atomic E-state index is 13.0. The van der Waals surface area contributed by atoms with E-state index in [1.54, 1.807) is 0 Å². The molecule has 1 heterocycles. The van der Waals surface area contributed by atoms with Crippen LogP contribution < -0.4 is 5.32 Å². The molecule has 0 aliphatic carbocycles. The van der Waals surface area contributed by atoms with Gasteiger partial charge in [0, 0.05) is 28.0 Å². The number of nitrogens with one attached hydrogen (secondary N) is 2. The monoisotopic (exact) mass is 354 g/mol. The molecular formula is C21H23ClN2O. The number of halogens is 1. The first-order chi connectivity index (χ1) is 12.1. The van der Waals surface area contributed by atoms with E-state index in [0.717, 1.165) is 36.0 Å². The fraction of sp³-hybridized carbons (Fsp3) is 0.286. The molecule has 130 valence electrons. The highest BCUT2D eigenvalue weighted by atomic mass is 35.5. The van der Waals surface area contributed by atoms with Crippen LogP contribution in [0, 0.1) is 5.92 Å². The van der Waals surface area contributed by atoms with Gasteiger partial charge in [-0.2, -0.15) is 0 Å². The Kier molecular flexibility index (Phi) is 5.44. The average Bonchev–Trinajstić information content (AvgIpc) is 2.96. The van der Waals surface area contributed by atoms with Crippen LogP contribution in [-0.2, 0) is 0 Å². The van der Waals surface area contributed by atoms with Gasteiger partial charge in [-0.1, -0.05) is 55.8 Å². The molecule has 0 aliphatic rings. The van der Waals surface area contributed by atoms with Crippen molar-refractivity contribution < 1.29 is 4.79 Å². The lowest BCUT2D eigenvalue weighted by Gasteiger charge is -2.09. The van der Waals surface area contributed by atoms with E-state index < -0.39 is 0 Å². The van der Waals surface area contributed by atoms with E-state index in [-0.39, 0.29) is 5.78 Å². The molecule has 0 atom stereocenters. The van der Waals surface area contributed by atoms with Crippen molar-refractivity contribution in [1.29, 1.82) is 0 Å². The van der Waals surface area contributed by atoms with Crippen molar-refractivity contribution in [2.45, 2.75) is 26.7 Å². The summed E-state index contributed by atoms with van der Waals surface area (Å²) in [6, 6.07) is 15.0. The lowest BCUT2D eigenvalue weighted by Crippen LogP contribution is -2.09. The summed E-state index contributed by atoms with van der Waals surface area (Å²) < 4.78 is 0. The van der Waals surface area contributed by atoms with Crippen LogP contribution in [0.5, 0.6) is 0 Å². The summed E-state index contributed by atoms with van der Waals surface area (Å²) in [6.45, 7) is 5.28. The molecule has 0 unspecified atom stereocenters. The second kappa shape index (κ2) is 7.75. The zero-order valence-corrected chi connectivity index (χ0v) is 15.4. The Balaban J connectivity index is 1.95. The molecule has 3 aromatic rings. The molecule has 25 heavy (non-hydrogen) atoms. The summed E-state index contributed by atoms with van der Waals surface area (Å²) in [5.41, 5.74) is 3.00. The van der Waals surface area contributed by atoms with Crippen LogP contribution in [0.4, 0.5) is 5.69 Å². The molecule has 0 amide bonds. The number of aromatic amines is 1. The summed E-state index contributed by atoms with van der Waals surface area (Å²) >= 11 is 6.11. The van der Waals surface area contributed by atoms with Gasteiger partial charge in [0.25, 0.3) is 0 Å². The SMILES string of the molecule is CC(C)CCCNc1c(C(=O)c2ccccc2)[nH]c2cc(Cl)ccc12. The van der Waals surface area contributed by atoms with Gasteiger partial charge in [-0.05, 0) is 37.0 Å². The Bertz CT molecular complexity index is 868. The van der Waals surface area contributed by atoms with Gasteiger partial charge in [0.15, 0.2) is 0 Å². The van der Waals surface area contributed by atoms with E-state index in [0.29, 0.717) is 22.2 Å². The zero-order valence-electron chi connectivity index (χ0n) is 14.6. The first-order valence-corrected chi connectivity index (χ1v) is 9.09. The number of hydrogen-bond acceptors (Lipinski definition) is 2. The number of carbonyl (C=O) groups is 1. The molecular weight excluding hydrogens is 332 g/mol. The van der Waals surface area contributed by atoms with E-state index in [9.17, 15) is 4.79 Å². The van der Waals surface area contributed by atoms with E-state index in [2.05, 4.69) is 24.1 Å². The van der Waals surface area contributed by atoms with Gasteiger partial charge in [-0.25, -0.2) is 0 Å². The first-order valence-electron chi connectivity index (χ1n) is 8.71. The number of fused-ring (bicyclic) bond motifs is 1. The fourth-order valence-electron chi connectivity index (χ4n) is 2.98. The predicted molar refractivity (Wildman–Crippen MR) is 106 cm³/mol. The molecule has 0 spiro atoms. The van der Waals surface area contributed by atoms with Crippen molar-refractivity contribution in [3.63, 3.8) is 0 Å². The number of ketones is 1. The van der Waals surface area contributed by atoms with E-state index in [1.807, 2.05) is 48.5 Å². The van der Waals surface area contributed by atoms with Crippen molar-refractivity contribution in [2.75, 3.05) is 11.9 Å². The normalized spacial score (nSPS) is 11.2. The summed E-state index contributed by atoms with van der Waals surface area (Å²) in [7, 11) is 0. The van der Waals surface area contributed by atoms with Gasteiger partial charge in [-0.15, -0.1) is 0 Å². The van der Waals surface area contributed by atoms with Gasteiger partial charge in [-0.3, -0.25) is 4.79 Å². The van der Waals surface area contributed by atoms with E-state index in [4.69, 9.17) is 11.6 Å². The van der Waals surface area contributed by atoms with Crippen molar-refractivity contribution in [3.8, 4) is 0 Å². The molecule has 2 aromatic carbocycles. The zero-order chi connectivity index (χ0) is 17.8. The highest BCUT2D eigenvalue weighted by molar-refractivity contribution is 6.31. The maximum atomic E-state index is 13.0. The molecule has 4 heteroatoms. The van der Waals surface area contributed by atoms with Gasteiger partial charge in [0.2, 0.25) is 5.78 Å². The van der Waals surface area contributed by atoms with Crippen LogP contribution in [0.2, 0.25) is 5.02 Å². The van der Waals surface area contributed by atoms with Crippen molar-refractivity contribution in [3.05, 3.63) is 64.8 Å². The lowest BCUT2D eigenvalue weighted by molar-refractivity contribution is 0.103. The molecule has 3 nitrogen and oxygen atoms in total. The Morgan fingerprint density at radius 2 is 1.92 bits per heavy atom. The van der Waals surface area contributed by atoms with Gasteiger partial charge < -0.3 is 10.3 Å². The van der Waals surface area contributed by atoms with Crippen LogP contribution in [0.25, 0.3) is 10.9 Å². The van der Waals surface area contributed by atoms with Crippen LogP contribution >= 0.6 is 11.6 Å². The first kappa shape index (κ1) is 17.6. The number of rotatable bonds is 7. The second-order valence-electron chi connectivity index (χ2n) is 6.72. The van der Waals surface area contributed by atoms with Gasteiger partial charge in [0.05, 0.1) is 5.69 Å². The molecule has 0 fully saturated rings. The number of H-pyrrole nitrogens is 1. The van der Waals surface area contributed by atoms with Crippen LogP contribution in [0.1, 0.15) is 42.7 Å². The third-order valence-corrected chi connectivity index (χ3v) is 4.52. The summed E-state index contributed by atoms with van der Waals surface area (Å²) in [6.07, 6.45) is 2.22. The molecule has 3 rings (SSSR count). The summed E-state index contributed by atoms with van der Waals surface area (Å²) in [4.78, 5) is 16.2. The third kappa shape index (κ3) is 4.05. The van der Waals surface area contributed by atoms with Crippen molar-refractivity contribution >= 4 is 34.0 Å². The van der Waals surface area contributed by atoms with Crippen LogP contribution in [0.15, 0.2) is 48.5 Å². The number of anilines is 1. The molecule has 0 saturated carbocycles. The number of hydrogen-bond donors (Lipinski definition) is 2. The van der Waals surface area contributed by atoms with Gasteiger partial charge >= 0.3 is 0 Å². The largest absolute Gasteiger partial charge is 0.383 e. The predicted octanol–water partition coefficient (Wildman–Crippen LogP) is 5.90. The molecule has 2 N–H and O–H groups in total. The Morgan fingerprint density at radius 3 is 2.64 bits per heavy atom. The smallest absolute Gasteiger partial charge is 0.211 e. The minimum absolute atomic E-state index is 0.0146. The molecule has 0 aliphatic heterocycles. The van der Waals surface area contributed by atoms with Crippen molar-refractivity contribution in [1.82, 2.24) is 4.98 Å². The van der Waals surface area contributed by atoms with Crippen LogP contribution in [-0.4, -0.2) is 17.3 Å². The van der Waals surface area contributed by atoms with Crippen LogP contribution in [0.3, 0.4) is 0 Å². The van der Waals surface area contributed by atoms with E-state index >= 15 is 0 Å². The van der Waals surface area contributed by atoms with E-state index in [1.165, 1.54) is 0 Å². The number of benzene rings is 2. The number of carbonyl (C=O) groups excluding carboxylic acids is 1. The standard InChI is InChI=1S/C21H23ClN2O/c1-14(2)7-6-12-23-19-17-11-10-16(22)13-18(17)24-20(19)21(25)15-8-4-3-5-9-15/h3-5,8-11,13-14,23-24H,6-7,12H2,1-2H3. The maximum Gasteiger partial charge on any atom is 0.211 e. The second-order valence-corrected chi connectivity index (χ2v) is 7.16. The van der Waals surface area contributed by atoms with Crippen molar-refractivity contribution in [2.24, 2.45) is 5.92 Å². The summed E-state index contributed by atoms with van der Waals surface area (Å²) in [5, 5.41) is 5.11.